The Hall–Kier alpha value is -3.26. The lowest BCUT2D eigenvalue weighted by atomic mass is 9.79. The molecule has 2 aromatic rings. The van der Waals surface area contributed by atoms with Crippen molar-refractivity contribution in [2.75, 3.05) is 30.9 Å². The number of hydrogen-bond donors (Lipinski definition) is 2. The fraction of sp³-hybridized carbons (Fsp3) is 0.435. The van der Waals surface area contributed by atoms with E-state index < -0.39 is 49.2 Å². The summed E-state index contributed by atoms with van der Waals surface area (Å²) in [6, 6.07) is 7.11. The maximum Gasteiger partial charge on any atom is 0.233 e. The van der Waals surface area contributed by atoms with Crippen molar-refractivity contribution in [3.05, 3.63) is 52.8 Å². The third-order valence-corrected chi connectivity index (χ3v) is 7.88. The van der Waals surface area contributed by atoms with Crippen molar-refractivity contribution >= 4 is 37.7 Å². The number of aromatic nitrogens is 1. The van der Waals surface area contributed by atoms with E-state index in [1.54, 1.807) is 13.0 Å². The third-order valence-electron chi connectivity index (χ3n) is 6.11. The SMILES string of the molecule is CNC(=O)C1c2cc(CCCC(=O)NS(C)(=O)=O)c(N(C)S(C)(=O)=O)nc2OC1(C)c1ccc(F)cc1. The summed E-state index contributed by atoms with van der Waals surface area (Å²) in [5.74, 6) is -2.37. The molecule has 2 heterocycles. The Morgan fingerprint density at radius 2 is 1.78 bits per heavy atom. The number of benzene rings is 1. The predicted octanol–water partition coefficient (Wildman–Crippen LogP) is 1.15. The molecule has 0 aliphatic carbocycles. The van der Waals surface area contributed by atoms with Crippen LogP contribution in [0.2, 0.25) is 0 Å². The number of nitrogens with one attached hydrogen (secondary N) is 2. The number of sulfonamides is 2. The number of hydrogen-bond acceptors (Lipinski definition) is 8. The minimum Gasteiger partial charge on any atom is -0.465 e. The Morgan fingerprint density at radius 1 is 1.16 bits per heavy atom. The Bertz CT molecular complexity index is 1430. The molecule has 2 N–H and O–H groups in total. The molecule has 37 heavy (non-hydrogen) atoms. The predicted molar refractivity (Wildman–Crippen MR) is 135 cm³/mol. The number of aryl methyl sites for hydroxylation is 1. The molecule has 1 aliphatic rings. The van der Waals surface area contributed by atoms with Crippen molar-refractivity contribution in [3.63, 3.8) is 0 Å². The van der Waals surface area contributed by atoms with E-state index in [1.807, 2.05) is 4.72 Å². The number of fused-ring (bicyclic) bond motifs is 1. The number of nitrogens with zero attached hydrogens (tertiary/aromatic N) is 2. The second kappa shape index (κ2) is 10.2. The van der Waals surface area contributed by atoms with Crippen LogP contribution < -0.4 is 19.1 Å². The van der Waals surface area contributed by atoms with Gasteiger partial charge in [0.05, 0.1) is 12.5 Å². The van der Waals surface area contributed by atoms with Crippen molar-refractivity contribution in [1.82, 2.24) is 15.0 Å². The van der Waals surface area contributed by atoms with Crippen LogP contribution in [0, 0.1) is 5.82 Å². The quantitative estimate of drug-likeness (QED) is 0.467. The van der Waals surface area contributed by atoms with Gasteiger partial charge in [0.1, 0.15) is 23.2 Å². The Labute approximate surface area is 215 Å². The Balaban J connectivity index is 2.07. The second-order valence-corrected chi connectivity index (χ2v) is 12.8. The van der Waals surface area contributed by atoms with Gasteiger partial charge in [0.25, 0.3) is 0 Å². The maximum atomic E-state index is 13.6. The first-order valence-corrected chi connectivity index (χ1v) is 15.0. The van der Waals surface area contributed by atoms with E-state index in [4.69, 9.17) is 4.74 Å². The van der Waals surface area contributed by atoms with Crippen molar-refractivity contribution in [2.45, 2.75) is 37.7 Å². The highest BCUT2D eigenvalue weighted by Crippen LogP contribution is 2.51. The van der Waals surface area contributed by atoms with Crippen LogP contribution in [-0.2, 0) is 41.7 Å². The van der Waals surface area contributed by atoms with E-state index in [0.717, 1.165) is 16.8 Å². The first-order valence-electron chi connectivity index (χ1n) is 11.2. The molecular weight excluding hydrogens is 527 g/mol. The fourth-order valence-corrected chi connectivity index (χ4v) is 5.23. The molecule has 2 atom stereocenters. The summed E-state index contributed by atoms with van der Waals surface area (Å²) in [5, 5.41) is 2.61. The zero-order chi connectivity index (χ0) is 27.8. The normalized spacial score (nSPS) is 19.0. The molecule has 0 spiro atoms. The van der Waals surface area contributed by atoms with E-state index in [0.29, 0.717) is 16.7 Å². The van der Waals surface area contributed by atoms with Gasteiger partial charge in [-0.1, -0.05) is 12.1 Å². The topological polar surface area (TPSA) is 152 Å². The standard InChI is InChI=1S/C23H29FN4O7S2/c1-23(15-9-11-16(24)12-10-15)19(21(30)25-2)17-13-14(7-6-8-18(29)27-36(4,31)32)20(26-22(17)35-23)28(3)37(5,33)34/h9-13,19H,6-8H2,1-5H3,(H,25,30)(H,27,29). The van der Waals surface area contributed by atoms with E-state index in [2.05, 4.69) is 10.3 Å². The molecule has 3 rings (SSSR count). The number of pyridine rings is 1. The highest BCUT2D eigenvalue weighted by atomic mass is 32.2. The van der Waals surface area contributed by atoms with Crippen molar-refractivity contribution < 1.29 is 35.6 Å². The van der Waals surface area contributed by atoms with Crippen LogP contribution in [0.25, 0.3) is 0 Å². The first-order chi connectivity index (χ1) is 17.1. The minimum absolute atomic E-state index is 0.0452. The summed E-state index contributed by atoms with van der Waals surface area (Å²) < 4.78 is 69.9. The number of rotatable bonds is 9. The first kappa shape index (κ1) is 28.3. The van der Waals surface area contributed by atoms with Gasteiger partial charge >= 0.3 is 0 Å². The molecule has 0 radical (unpaired) electrons. The highest BCUT2D eigenvalue weighted by Gasteiger charge is 2.51. The van der Waals surface area contributed by atoms with Crippen LogP contribution in [0.1, 0.15) is 42.4 Å². The zero-order valence-electron chi connectivity index (χ0n) is 21.0. The van der Waals surface area contributed by atoms with E-state index >= 15 is 0 Å². The van der Waals surface area contributed by atoms with Gasteiger partial charge in [0.2, 0.25) is 37.7 Å². The number of ether oxygens (including phenoxy) is 1. The summed E-state index contributed by atoms with van der Waals surface area (Å²) in [5.41, 5.74) is 0.0440. The van der Waals surface area contributed by atoms with Crippen molar-refractivity contribution in [1.29, 1.82) is 0 Å². The number of carbonyl (C=O) groups excluding carboxylic acids is 2. The summed E-state index contributed by atoms with van der Waals surface area (Å²) in [6.07, 6.45) is 2.05. The minimum atomic E-state index is -3.75. The number of amides is 2. The molecule has 0 bridgehead atoms. The van der Waals surface area contributed by atoms with Gasteiger partial charge in [-0.15, -0.1) is 0 Å². The molecule has 202 valence electrons. The Kier molecular flexibility index (Phi) is 7.84. The molecule has 1 aromatic carbocycles. The molecular formula is C23H29FN4O7S2. The second-order valence-electron chi connectivity index (χ2n) is 9.01. The molecule has 2 amide bonds. The molecule has 11 nitrogen and oxygen atoms in total. The van der Waals surface area contributed by atoms with Gasteiger partial charge in [-0.05, 0) is 49.1 Å². The van der Waals surface area contributed by atoms with E-state index in [-0.39, 0.29) is 31.0 Å². The molecule has 1 aromatic heterocycles. The molecule has 0 saturated heterocycles. The van der Waals surface area contributed by atoms with Gasteiger partial charge in [-0.3, -0.25) is 18.6 Å². The lowest BCUT2D eigenvalue weighted by Crippen LogP contribution is -2.40. The van der Waals surface area contributed by atoms with Crippen LogP contribution >= 0.6 is 0 Å². The average Bonchev–Trinajstić information content (AvgIpc) is 3.08. The average molecular weight is 557 g/mol. The molecule has 0 fully saturated rings. The van der Waals surface area contributed by atoms with Gasteiger partial charge in [-0.25, -0.2) is 21.2 Å². The van der Waals surface area contributed by atoms with Crippen LogP contribution in [0.4, 0.5) is 10.2 Å². The van der Waals surface area contributed by atoms with E-state index in [1.165, 1.54) is 38.4 Å². The maximum absolute atomic E-state index is 13.6. The number of halogens is 1. The summed E-state index contributed by atoms with van der Waals surface area (Å²) in [6.45, 7) is 1.66. The van der Waals surface area contributed by atoms with Crippen molar-refractivity contribution in [3.8, 4) is 5.88 Å². The van der Waals surface area contributed by atoms with Gasteiger partial charge in [-0.2, -0.15) is 4.98 Å². The number of carbonyl (C=O) groups is 2. The lowest BCUT2D eigenvalue weighted by molar-refractivity contribution is -0.125. The van der Waals surface area contributed by atoms with Crippen LogP contribution in [0.3, 0.4) is 0 Å². The monoisotopic (exact) mass is 556 g/mol. The van der Waals surface area contributed by atoms with Gasteiger partial charge < -0.3 is 10.1 Å². The van der Waals surface area contributed by atoms with Gasteiger partial charge in [0.15, 0.2) is 0 Å². The largest absolute Gasteiger partial charge is 0.465 e. The summed E-state index contributed by atoms with van der Waals surface area (Å²) in [4.78, 5) is 29.5. The van der Waals surface area contributed by atoms with Crippen LogP contribution in [0.15, 0.2) is 30.3 Å². The van der Waals surface area contributed by atoms with Crippen LogP contribution in [0.5, 0.6) is 5.88 Å². The molecule has 14 heteroatoms. The Morgan fingerprint density at radius 3 is 2.32 bits per heavy atom. The zero-order valence-corrected chi connectivity index (χ0v) is 22.7. The smallest absolute Gasteiger partial charge is 0.233 e. The number of anilines is 1. The molecule has 0 saturated carbocycles. The summed E-state index contributed by atoms with van der Waals surface area (Å²) >= 11 is 0. The van der Waals surface area contributed by atoms with Gasteiger partial charge in [0, 0.05) is 26.1 Å². The molecule has 2 unspecified atom stereocenters. The van der Waals surface area contributed by atoms with Crippen molar-refractivity contribution in [2.24, 2.45) is 0 Å². The highest BCUT2D eigenvalue weighted by molar-refractivity contribution is 7.92. The van der Waals surface area contributed by atoms with E-state index in [9.17, 15) is 30.8 Å². The summed E-state index contributed by atoms with van der Waals surface area (Å²) in [7, 11) is -4.68. The fourth-order valence-electron chi connectivity index (χ4n) is 4.24. The van der Waals surface area contributed by atoms with Crippen LogP contribution in [-0.4, -0.2) is 60.2 Å². The number of likely N-dealkylation sites (N-methyl/N-ethyl adjacent to an activating group) is 1. The lowest BCUT2D eigenvalue weighted by Gasteiger charge is -2.30. The molecule has 1 aliphatic heterocycles. The third kappa shape index (κ3) is 6.18.